The van der Waals surface area contributed by atoms with E-state index in [-0.39, 0.29) is 6.54 Å². The van der Waals surface area contributed by atoms with Crippen molar-refractivity contribution < 1.29 is 8.42 Å². The van der Waals surface area contributed by atoms with Crippen molar-refractivity contribution in [3.8, 4) is 0 Å². The van der Waals surface area contributed by atoms with Crippen LogP contribution in [-0.4, -0.2) is 38.4 Å². The fourth-order valence-corrected chi connectivity index (χ4v) is 2.58. The maximum atomic E-state index is 12.2. The minimum Gasteiger partial charge on any atom is -0.393 e. The van der Waals surface area contributed by atoms with Crippen LogP contribution in [0.25, 0.3) is 0 Å². The van der Waals surface area contributed by atoms with Crippen LogP contribution in [0.1, 0.15) is 6.42 Å². The van der Waals surface area contributed by atoms with Crippen LogP contribution >= 0.6 is 12.2 Å². The van der Waals surface area contributed by atoms with E-state index in [2.05, 4.69) is 0 Å². The molecule has 1 aromatic rings. The SMILES string of the molecule is CN(C)S(=O)(=O)N(CCC(N)=S)c1ccccc1. The fraction of sp³-hybridized carbons (Fsp3) is 0.364. The van der Waals surface area contributed by atoms with Gasteiger partial charge in [0.1, 0.15) is 0 Å². The quantitative estimate of drug-likeness (QED) is 0.792. The highest BCUT2D eigenvalue weighted by Gasteiger charge is 2.24. The molecule has 0 bridgehead atoms. The molecule has 0 aliphatic heterocycles. The second kappa shape index (κ2) is 6.12. The van der Waals surface area contributed by atoms with Crippen LogP contribution in [0.3, 0.4) is 0 Å². The Kier molecular flexibility index (Phi) is 5.06. The molecule has 7 heteroatoms. The summed E-state index contributed by atoms with van der Waals surface area (Å²) in [6.07, 6.45) is 0.345. The number of para-hydroxylation sites is 1. The van der Waals surface area contributed by atoms with Crippen molar-refractivity contribution in [2.75, 3.05) is 24.9 Å². The highest BCUT2D eigenvalue weighted by atomic mass is 32.2. The summed E-state index contributed by atoms with van der Waals surface area (Å²) in [6, 6.07) is 8.88. The summed E-state index contributed by atoms with van der Waals surface area (Å²) in [6.45, 7) is 0.236. The lowest BCUT2D eigenvalue weighted by atomic mass is 10.3. The summed E-state index contributed by atoms with van der Waals surface area (Å²) in [5, 5.41) is 0. The van der Waals surface area contributed by atoms with Crippen molar-refractivity contribution >= 4 is 33.1 Å². The first-order valence-corrected chi connectivity index (χ1v) is 7.19. The van der Waals surface area contributed by atoms with E-state index >= 15 is 0 Å². The molecule has 0 saturated carbocycles. The van der Waals surface area contributed by atoms with E-state index in [0.29, 0.717) is 17.1 Å². The van der Waals surface area contributed by atoms with Crippen molar-refractivity contribution in [3.05, 3.63) is 30.3 Å². The predicted molar refractivity (Wildman–Crippen MR) is 77.8 cm³/mol. The highest BCUT2D eigenvalue weighted by molar-refractivity contribution is 7.90. The van der Waals surface area contributed by atoms with Crippen molar-refractivity contribution in [1.82, 2.24) is 4.31 Å². The van der Waals surface area contributed by atoms with Crippen LogP contribution in [0, 0.1) is 0 Å². The molecule has 18 heavy (non-hydrogen) atoms. The number of rotatable bonds is 6. The molecule has 0 fully saturated rings. The summed E-state index contributed by atoms with van der Waals surface area (Å²) >= 11 is 4.80. The molecule has 1 aromatic carbocycles. The zero-order chi connectivity index (χ0) is 13.8. The van der Waals surface area contributed by atoms with Crippen LogP contribution in [-0.2, 0) is 10.2 Å². The van der Waals surface area contributed by atoms with Crippen molar-refractivity contribution in [3.63, 3.8) is 0 Å². The second-order valence-corrected chi connectivity index (χ2v) is 6.51. The molecule has 0 saturated heterocycles. The molecule has 0 unspecified atom stereocenters. The molecule has 1 rings (SSSR count). The number of hydrogen-bond donors (Lipinski definition) is 1. The lowest BCUT2D eigenvalue weighted by Gasteiger charge is -2.27. The maximum absolute atomic E-state index is 12.2. The molecule has 5 nitrogen and oxygen atoms in total. The van der Waals surface area contributed by atoms with Gasteiger partial charge in [-0.05, 0) is 12.1 Å². The molecular weight excluding hydrogens is 270 g/mol. The number of nitrogens with zero attached hydrogens (tertiary/aromatic N) is 2. The van der Waals surface area contributed by atoms with E-state index in [1.54, 1.807) is 24.3 Å². The lowest BCUT2D eigenvalue weighted by Crippen LogP contribution is -2.41. The minimum atomic E-state index is -3.54. The second-order valence-electron chi connectivity index (χ2n) is 3.91. The molecule has 2 N–H and O–H groups in total. The molecule has 0 aliphatic carbocycles. The van der Waals surface area contributed by atoms with Gasteiger partial charge in [-0.2, -0.15) is 12.7 Å². The Morgan fingerprint density at radius 3 is 2.28 bits per heavy atom. The Morgan fingerprint density at radius 2 is 1.83 bits per heavy atom. The van der Waals surface area contributed by atoms with Crippen LogP contribution in [0.15, 0.2) is 30.3 Å². The van der Waals surface area contributed by atoms with Crippen molar-refractivity contribution in [1.29, 1.82) is 0 Å². The number of benzene rings is 1. The van der Waals surface area contributed by atoms with Gasteiger partial charge in [0.15, 0.2) is 0 Å². The van der Waals surface area contributed by atoms with Crippen LogP contribution in [0.5, 0.6) is 0 Å². The van der Waals surface area contributed by atoms with Crippen molar-refractivity contribution in [2.24, 2.45) is 5.73 Å². The number of nitrogens with two attached hydrogens (primary N) is 1. The molecule has 0 heterocycles. The first-order valence-electron chi connectivity index (χ1n) is 5.39. The van der Waals surface area contributed by atoms with E-state index in [4.69, 9.17) is 18.0 Å². The number of anilines is 1. The Balaban J connectivity index is 3.07. The van der Waals surface area contributed by atoms with Gasteiger partial charge in [-0.1, -0.05) is 30.4 Å². The zero-order valence-corrected chi connectivity index (χ0v) is 12.0. The maximum Gasteiger partial charge on any atom is 0.303 e. The summed E-state index contributed by atoms with van der Waals surface area (Å²) in [7, 11) is -0.552. The Labute approximate surface area is 113 Å². The summed E-state index contributed by atoms with van der Waals surface area (Å²) in [5.41, 5.74) is 6.03. The predicted octanol–water partition coefficient (Wildman–Crippen LogP) is 0.976. The first-order chi connectivity index (χ1) is 8.35. The Morgan fingerprint density at radius 1 is 1.28 bits per heavy atom. The smallest absolute Gasteiger partial charge is 0.303 e. The summed E-state index contributed by atoms with van der Waals surface area (Å²) < 4.78 is 26.9. The molecule has 0 radical (unpaired) electrons. The van der Waals surface area contributed by atoms with E-state index in [1.165, 1.54) is 22.7 Å². The van der Waals surface area contributed by atoms with Gasteiger partial charge in [0.2, 0.25) is 0 Å². The highest BCUT2D eigenvalue weighted by Crippen LogP contribution is 2.19. The summed E-state index contributed by atoms with van der Waals surface area (Å²) in [4.78, 5) is 0.296. The molecule has 0 aliphatic rings. The third-order valence-electron chi connectivity index (χ3n) is 2.35. The monoisotopic (exact) mass is 287 g/mol. The van der Waals surface area contributed by atoms with E-state index in [1.807, 2.05) is 6.07 Å². The largest absolute Gasteiger partial charge is 0.393 e. The van der Waals surface area contributed by atoms with Gasteiger partial charge < -0.3 is 5.73 Å². The number of thiocarbonyl (C=S) groups is 1. The van der Waals surface area contributed by atoms with E-state index < -0.39 is 10.2 Å². The van der Waals surface area contributed by atoms with Crippen LogP contribution in [0.4, 0.5) is 5.69 Å². The molecular formula is C11H17N3O2S2. The normalized spacial score (nSPS) is 11.5. The van der Waals surface area contributed by atoms with Crippen LogP contribution < -0.4 is 10.0 Å². The van der Waals surface area contributed by atoms with Gasteiger partial charge in [0, 0.05) is 27.1 Å². The van der Waals surface area contributed by atoms with Gasteiger partial charge in [0.05, 0.1) is 10.7 Å². The van der Waals surface area contributed by atoms with Gasteiger partial charge in [-0.15, -0.1) is 0 Å². The molecule has 0 amide bonds. The van der Waals surface area contributed by atoms with Crippen LogP contribution in [0.2, 0.25) is 0 Å². The van der Waals surface area contributed by atoms with Gasteiger partial charge in [-0.3, -0.25) is 4.31 Å². The Hall–Kier alpha value is -1.18. The lowest BCUT2D eigenvalue weighted by molar-refractivity contribution is 0.516. The first kappa shape index (κ1) is 14.9. The molecule has 100 valence electrons. The average Bonchev–Trinajstić information content (AvgIpc) is 2.29. The molecule has 0 atom stereocenters. The van der Waals surface area contributed by atoms with Gasteiger partial charge in [-0.25, -0.2) is 0 Å². The topological polar surface area (TPSA) is 66.6 Å². The number of hydrogen-bond acceptors (Lipinski definition) is 3. The third-order valence-corrected chi connectivity index (χ3v) is 4.42. The fourth-order valence-electron chi connectivity index (χ4n) is 1.38. The summed E-state index contributed by atoms with van der Waals surface area (Å²) in [5.74, 6) is 0. The minimum absolute atomic E-state index is 0.236. The van der Waals surface area contributed by atoms with E-state index in [0.717, 1.165) is 0 Å². The third kappa shape index (κ3) is 3.66. The standard InChI is InChI=1S/C11H17N3O2S2/c1-13(2)18(15,16)14(9-8-11(12)17)10-6-4-3-5-7-10/h3-7H,8-9H2,1-2H3,(H2,12,17). The van der Waals surface area contributed by atoms with Gasteiger partial charge in [0.25, 0.3) is 0 Å². The van der Waals surface area contributed by atoms with Crippen molar-refractivity contribution in [2.45, 2.75) is 6.42 Å². The average molecular weight is 287 g/mol. The Bertz CT molecular complexity index is 500. The zero-order valence-electron chi connectivity index (χ0n) is 10.4. The van der Waals surface area contributed by atoms with Gasteiger partial charge >= 0.3 is 10.2 Å². The molecule has 0 spiro atoms. The molecule has 0 aromatic heterocycles. The van der Waals surface area contributed by atoms with E-state index in [9.17, 15) is 8.42 Å².